The van der Waals surface area contributed by atoms with E-state index in [-0.39, 0.29) is 0 Å². The van der Waals surface area contributed by atoms with E-state index in [0.717, 1.165) is 22.5 Å². The quantitative estimate of drug-likeness (QED) is 0.560. The maximum atomic E-state index is 4.57. The van der Waals surface area contributed by atoms with E-state index < -0.39 is 0 Å². The third kappa shape index (κ3) is 2.41. The Morgan fingerprint density at radius 2 is 1.50 bits per heavy atom. The number of aliphatic imine (C=N–C) groups is 2. The molecule has 0 saturated heterocycles. The van der Waals surface area contributed by atoms with Gasteiger partial charge in [-0.2, -0.15) is 9.98 Å². The number of isothiocyanates is 2. The lowest BCUT2D eigenvalue weighted by molar-refractivity contribution is 1.32. The molecule has 0 aliphatic heterocycles. The molecule has 1 rings (SSSR count). The van der Waals surface area contributed by atoms with Crippen LogP contribution in [0.1, 0.15) is 11.1 Å². The van der Waals surface area contributed by atoms with Gasteiger partial charge in [0.25, 0.3) is 0 Å². The standard InChI is InChI=1S/C10H8N2S2/c1-7-3-9(11-5-13)4-8(2)10(7)12-6-14/h3-4H,1-2H3. The molecule has 0 amide bonds. The summed E-state index contributed by atoms with van der Waals surface area (Å²) in [6.45, 7) is 3.89. The summed E-state index contributed by atoms with van der Waals surface area (Å²) in [6, 6.07) is 3.77. The van der Waals surface area contributed by atoms with Crippen molar-refractivity contribution in [2.24, 2.45) is 9.98 Å². The van der Waals surface area contributed by atoms with Gasteiger partial charge in [-0.05, 0) is 61.5 Å². The first-order chi connectivity index (χ1) is 6.69. The van der Waals surface area contributed by atoms with Gasteiger partial charge in [0.1, 0.15) is 0 Å². The summed E-state index contributed by atoms with van der Waals surface area (Å²) in [5.41, 5.74) is 3.65. The number of thiocarbonyl (C=S) groups is 2. The number of nitrogens with zero attached hydrogens (tertiary/aromatic N) is 2. The van der Waals surface area contributed by atoms with Gasteiger partial charge in [0.2, 0.25) is 0 Å². The Morgan fingerprint density at radius 3 is 1.93 bits per heavy atom. The fraction of sp³-hybridized carbons (Fsp3) is 0.200. The Hall–Kier alpha value is -1.18. The maximum Gasteiger partial charge on any atom is 0.0799 e. The molecule has 0 heterocycles. The van der Waals surface area contributed by atoms with E-state index in [0.29, 0.717) is 0 Å². The molecule has 1 aromatic rings. The van der Waals surface area contributed by atoms with Gasteiger partial charge in [0.15, 0.2) is 0 Å². The van der Waals surface area contributed by atoms with Crippen LogP contribution in [0.5, 0.6) is 0 Å². The second kappa shape index (κ2) is 4.89. The van der Waals surface area contributed by atoms with Crippen LogP contribution in [0.25, 0.3) is 0 Å². The zero-order valence-corrected chi connectivity index (χ0v) is 9.50. The van der Waals surface area contributed by atoms with E-state index in [1.807, 2.05) is 26.0 Å². The Bertz CT molecular complexity index is 430. The van der Waals surface area contributed by atoms with Crippen molar-refractivity contribution in [1.82, 2.24) is 0 Å². The average Bonchev–Trinajstić information content (AvgIpc) is 2.12. The number of hydrogen-bond donors (Lipinski definition) is 0. The van der Waals surface area contributed by atoms with E-state index >= 15 is 0 Å². The van der Waals surface area contributed by atoms with Crippen LogP contribution in [0.15, 0.2) is 22.1 Å². The highest BCUT2D eigenvalue weighted by Crippen LogP contribution is 2.28. The lowest BCUT2D eigenvalue weighted by atomic mass is 10.1. The minimum atomic E-state index is 0.790. The zero-order valence-electron chi connectivity index (χ0n) is 7.87. The summed E-state index contributed by atoms with van der Waals surface area (Å²) >= 11 is 9.10. The van der Waals surface area contributed by atoms with Gasteiger partial charge in [0.05, 0.1) is 21.7 Å². The number of hydrogen-bond acceptors (Lipinski definition) is 4. The average molecular weight is 220 g/mol. The summed E-state index contributed by atoms with van der Waals surface area (Å²) in [6.07, 6.45) is 0. The Balaban J connectivity index is 3.38. The predicted octanol–water partition coefficient (Wildman–Crippen LogP) is 3.77. The molecule has 2 nitrogen and oxygen atoms in total. The molecule has 4 heteroatoms. The van der Waals surface area contributed by atoms with Crippen molar-refractivity contribution in [3.8, 4) is 0 Å². The minimum Gasteiger partial charge on any atom is -0.195 e. The van der Waals surface area contributed by atoms with Crippen molar-refractivity contribution in [2.45, 2.75) is 13.8 Å². The second-order valence-corrected chi connectivity index (χ2v) is 3.20. The molecule has 14 heavy (non-hydrogen) atoms. The van der Waals surface area contributed by atoms with Crippen molar-refractivity contribution >= 4 is 46.1 Å². The summed E-state index contributed by atoms with van der Waals surface area (Å²) < 4.78 is 0. The molecule has 0 fully saturated rings. The zero-order chi connectivity index (χ0) is 10.6. The van der Waals surface area contributed by atoms with Gasteiger partial charge < -0.3 is 0 Å². The van der Waals surface area contributed by atoms with Crippen molar-refractivity contribution < 1.29 is 0 Å². The maximum absolute atomic E-state index is 4.57. The SMILES string of the molecule is Cc1cc(N=C=S)cc(C)c1N=C=S. The fourth-order valence-corrected chi connectivity index (χ4v) is 1.47. The summed E-state index contributed by atoms with van der Waals surface area (Å²) in [4.78, 5) is 7.89. The smallest absolute Gasteiger partial charge is 0.0799 e. The van der Waals surface area contributed by atoms with E-state index in [4.69, 9.17) is 0 Å². The molecule has 0 radical (unpaired) electrons. The molecule has 0 aliphatic carbocycles. The Morgan fingerprint density at radius 1 is 1.00 bits per heavy atom. The van der Waals surface area contributed by atoms with Crippen molar-refractivity contribution in [3.63, 3.8) is 0 Å². The molecule has 0 atom stereocenters. The summed E-state index contributed by atoms with van der Waals surface area (Å²) in [5, 5.41) is 4.69. The van der Waals surface area contributed by atoms with E-state index in [9.17, 15) is 0 Å². The molecular formula is C10H8N2S2. The van der Waals surface area contributed by atoms with Crippen molar-refractivity contribution in [2.75, 3.05) is 0 Å². The minimum absolute atomic E-state index is 0.790. The van der Waals surface area contributed by atoms with Gasteiger partial charge in [-0.3, -0.25) is 0 Å². The van der Waals surface area contributed by atoms with Gasteiger partial charge in [0, 0.05) is 0 Å². The molecule has 0 aromatic heterocycles. The van der Waals surface area contributed by atoms with E-state index in [2.05, 4.69) is 44.7 Å². The van der Waals surface area contributed by atoms with Crippen LogP contribution >= 0.6 is 24.4 Å². The normalized spacial score (nSPS) is 8.71. The summed E-state index contributed by atoms with van der Waals surface area (Å²) in [7, 11) is 0. The first-order valence-electron chi connectivity index (χ1n) is 3.96. The predicted molar refractivity (Wildman–Crippen MR) is 65.3 cm³/mol. The number of benzene rings is 1. The molecule has 0 unspecified atom stereocenters. The molecular weight excluding hydrogens is 212 g/mol. The highest BCUT2D eigenvalue weighted by atomic mass is 32.1. The van der Waals surface area contributed by atoms with Gasteiger partial charge in [-0.1, -0.05) is 0 Å². The molecule has 70 valence electrons. The largest absolute Gasteiger partial charge is 0.195 e. The highest BCUT2D eigenvalue weighted by Gasteiger charge is 2.02. The molecule has 0 bridgehead atoms. The van der Waals surface area contributed by atoms with Crippen LogP contribution in [0.2, 0.25) is 0 Å². The third-order valence-corrected chi connectivity index (χ3v) is 1.99. The number of aryl methyl sites for hydroxylation is 2. The lowest BCUT2D eigenvalue weighted by Gasteiger charge is -2.03. The number of rotatable bonds is 2. The van der Waals surface area contributed by atoms with Crippen LogP contribution in [-0.4, -0.2) is 10.3 Å². The van der Waals surface area contributed by atoms with Crippen LogP contribution in [-0.2, 0) is 0 Å². The van der Waals surface area contributed by atoms with Crippen LogP contribution in [0, 0.1) is 13.8 Å². The second-order valence-electron chi connectivity index (χ2n) is 2.83. The van der Waals surface area contributed by atoms with Crippen molar-refractivity contribution in [1.29, 1.82) is 0 Å². The van der Waals surface area contributed by atoms with Gasteiger partial charge >= 0.3 is 0 Å². The topological polar surface area (TPSA) is 24.7 Å². The third-order valence-electron chi connectivity index (χ3n) is 1.81. The first-order valence-corrected chi connectivity index (χ1v) is 4.77. The van der Waals surface area contributed by atoms with Gasteiger partial charge in [-0.25, -0.2) is 0 Å². The monoisotopic (exact) mass is 220 g/mol. The molecule has 1 aromatic carbocycles. The van der Waals surface area contributed by atoms with E-state index in [1.165, 1.54) is 0 Å². The molecule has 0 aliphatic rings. The first kappa shape index (κ1) is 10.9. The van der Waals surface area contributed by atoms with Crippen LogP contribution in [0.4, 0.5) is 11.4 Å². The molecule has 0 spiro atoms. The Labute approximate surface area is 93.4 Å². The van der Waals surface area contributed by atoms with Crippen molar-refractivity contribution in [3.05, 3.63) is 23.3 Å². The summed E-state index contributed by atoms with van der Waals surface area (Å²) in [5.74, 6) is 0. The molecule has 0 saturated carbocycles. The lowest BCUT2D eigenvalue weighted by Crippen LogP contribution is -1.80. The fourth-order valence-electron chi connectivity index (χ4n) is 1.27. The van der Waals surface area contributed by atoms with E-state index in [1.54, 1.807) is 0 Å². The van der Waals surface area contributed by atoms with Crippen LogP contribution < -0.4 is 0 Å². The Kier molecular flexibility index (Phi) is 3.81. The van der Waals surface area contributed by atoms with Crippen LogP contribution in [0.3, 0.4) is 0 Å². The molecule has 0 N–H and O–H groups in total. The van der Waals surface area contributed by atoms with Gasteiger partial charge in [-0.15, -0.1) is 0 Å². The highest BCUT2D eigenvalue weighted by molar-refractivity contribution is 7.78.